The van der Waals surface area contributed by atoms with Gasteiger partial charge in [0.15, 0.2) is 11.6 Å². The first-order valence-electron chi connectivity index (χ1n) is 6.00. The molecule has 0 aliphatic rings. The molecule has 0 saturated carbocycles. The Morgan fingerprint density at radius 1 is 1.39 bits per heavy atom. The van der Waals surface area contributed by atoms with Crippen LogP contribution in [0.15, 0.2) is 18.2 Å². The zero-order chi connectivity index (χ0) is 13.5. The third kappa shape index (κ3) is 4.07. The van der Waals surface area contributed by atoms with Crippen molar-refractivity contribution in [3.63, 3.8) is 0 Å². The minimum atomic E-state index is -0.877. The standard InChI is InChI=1S/C13H18F2N2O/c1-3-7-16-13(18)9(2)17-8-10-5-4-6-11(14)12(10)15/h4-6,9,17H,3,7-8H2,1-2H3,(H,16,18). The van der Waals surface area contributed by atoms with Crippen LogP contribution in [0.1, 0.15) is 25.8 Å². The number of benzene rings is 1. The lowest BCUT2D eigenvalue weighted by Gasteiger charge is -2.14. The topological polar surface area (TPSA) is 41.1 Å². The van der Waals surface area contributed by atoms with Gasteiger partial charge in [0, 0.05) is 18.7 Å². The second kappa shape index (κ2) is 7.06. The van der Waals surface area contributed by atoms with Gasteiger partial charge in [-0.15, -0.1) is 0 Å². The highest BCUT2D eigenvalue weighted by Gasteiger charge is 2.13. The maximum absolute atomic E-state index is 13.3. The SMILES string of the molecule is CCCNC(=O)C(C)NCc1cccc(F)c1F. The van der Waals surface area contributed by atoms with Crippen LogP contribution >= 0.6 is 0 Å². The summed E-state index contributed by atoms with van der Waals surface area (Å²) in [5.74, 6) is -1.89. The molecule has 0 radical (unpaired) electrons. The predicted molar refractivity (Wildman–Crippen MR) is 66.0 cm³/mol. The molecule has 1 rings (SSSR count). The summed E-state index contributed by atoms with van der Waals surface area (Å²) in [6.45, 7) is 4.37. The zero-order valence-electron chi connectivity index (χ0n) is 10.6. The van der Waals surface area contributed by atoms with Gasteiger partial charge in [-0.1, -0.05) is 19.1 Å². The lowest BCUT2D eigenvalue weighted by molar-refractivity contribution is -0.122. The molecule has 0 aliphatic heterocycles. The molecular weight excluding hydrogens is 238 g/mol. The second-order valence-corrected chi connectivity index (χ2v) is 4.11. The third-order valence-electron chi connectivity index (χ3n) is 2.57. The van der Waals surface area contributed by atoms with Crippen molar-refractivity contribution in [2.24, 2.45) is 0 Å². The highest BCUT2D eigenvalue weighted by atomic mass is 19.2. The van der Waals surface area contributed by atoms with E-state index in [0.29, 0.717) is 6.54 Å². The molecule has 0 saturated heterocycles. The van der Waals surface area contributed by atoms with Crippen LogP contribution in [0.25, 0.3) is 0 Å². The molecule has 18 heavy (non-hydrogen) atoms. The van der Waals surface area contributed by atoms with Crippen molar-refractivity contribution in [3.05, 3.63) is 35.4 Å². The van der Waals surface area contributed by atoms with Crippen molar-refractivity contribution < 1.29 is 13.6 Å². The van der Waals surface area contributed by atoms with Crippen LogP contribution < -0.4 is 10.6 Å². The number of halogens is 2. The van der Waals surface area contributed by atoms with Crippen LogP contribution in [0.4, 0.5) is 8.78 Å². The van der Waals surface area contributed by atoms with Gasteiger partial charge >= 0.3 is 0 Å². The van der Waals surface area contributed by atoms with E-state index in [1.807, 2.05) is 6.92 Å². The number of carbonyl (C=O) groups excluding carboxylic acids is 1. The van der Waals surface area contributed by atoms with E-state index in [1.165, 1.54) is 12.1 Å². The lowest BCUT2D eigenvalue weighted by Crippen LogP contribution is -2.42. The molecule has 1 amide bonds. The van der Waals surface area contributed by atoms with E-state index in [4.69, 9.17) is 0 Å². The van der Waals surface area contributed by atoms with Crippen LogP contribution in [0.2, 0.25) is 0 Å². The maximum atomic E-state index is 13.3. The van der Waals surface area contributed by atoms with E-state index >= 15 is 0 Å². The number of amides is 1. The molecule has 1 aromatic carbocycles. The Morgan fingerprint density at radius 2 is 2.11 bits per heavy atom. The molecule has 0 aromatic heterocycles. The van der Waals surface area contributed by atoms with Crippen LogP contribution in [0.3, 0.4) is 0 Å². The van der Waals surface area contributed by atoms with Crippen molar-refractivity contribution in [3.8, 4) is 0 Å². The van der Waals surface area contributed by atoms with Gasteiger partial charge in [0.05, 0.1) is 6.04 Å². The van der Waals surface area contributed by atoms with Gasteiger partial charge in [-0.2, -0.15) is 0 Å². The second-order valence-electron chi connectivity index (χ2n) is 4.11. The Kier molecular flexibility index (Phi) is 5.71. The molecule has 0 heterocycles. The Labute approximate surface area is 106 Å². The number of rotatable bonds is 6. The Bertz CT molecular complexity index is 410. The molecule has 0 bridgehead atoms. The Balaban J connectivity index is 2.49. The zero-order valence-corrected chi connectivity index (χ0v) is 10.6. The number of carbonyl (C=O) groups is 1. The fourth-order valence-corrected chi connectivity index (χ4v) is 1.44. The summed E-state index contributed by atoms with van der Waals surface area (Å²) >= 11 is 0. The third-order valence-corrected chi connectivity index (χ3v) is 2.57. The summed E-state index contributed by atoms with van der Waals surface area (Å²) < 4.78 is 26.3. The van der Waals surface area contributed by atoms with Crippen LogP contribution in [0.5, 0.6) is 0 Å². The number of hydrogen-bond donors (Lipinski definition) is 2. The normalized spacial score (nSPS) is 12.2. The van der Waals surface area contributed by atoms with Crippen LogP contribution in [-0.2, 0) is 11.3 Å². The average Bonchev–Trinajstić information content (AvgIpc) is 2.37. The van der Waals surface area contributed by atoms with E-state index in [9.17, 15) is 13.6 Å². The Morgan fingerprint density at radius 3 is 2.78 bits per heavy atom. The predicted octanol–water partition coefficient (Wildman–Crippen LogP) is 1.97. The summed E-state index contributed by atoms with van der Waals surface area (Å²) in [4.78, 5) is 11.5. The molecule has 100 valence electrons. The van der Waals surface area contributed by atoms with Crippen molar-refractivity contribution in [2.75, 3.05) is 6.54 Å². The van der Waals surface area contributed by atoms with Crippen molar-refractivity contribution in [2.45, 2.75) is 32.9 Å². The smallest absolute Gasteiger partial charge is 0.236 e. The van der Waals surface area contributed by atoms with Gasteiger partial charge in [-0.25, -0.2) is 8.78 Å². The fourth-order valence-electron chi connectivity index (χ4n) is 1.44. The van der Waals surface area contributed by atoms with Crippen molar-refractivity contribution >= 4 is 5.91 Å². The van der Waals surface area contributed by atoms with Gasteiger partial charge in [0.25, 0.3) is 0 Å². The van der Waals surface area contributed by atoms with Crippen molar-refractivity contribution in [1.29, 1.82) is 0 Å². The molecule has 0 fully saturated rings. The van der Waals surface area contributed by atoms with Gasteiger partial charge in [0.2, 0.25) is 5.91 Å². The molecule has 1 unspecified atom stereocenters. The van der Waals surface area contributed by atoms with Crippen LogP contribution in [0, 0.1) is 11.6 Å². The monoisotopic (exact) mass is 256 g/mol. The summed E-state index contributed by atoms with van der Waals surface area (Å²) in [5, 5.41) is 5.58. The van der Waals surface area contributed by atoms with E-state index in [-0.39, 0.29) is 18.0 Å². The van der Waals surface area contributed by atoms with Gasteiger partial charge in [-0.3, -0.25) is 4.79 Å². The van der Waals surface area contributed by atoms with Crippen molar-refractivity contribution in [1.82, 2.24) is 10.6 Å². The average molecular weight is 256 g/mol. The first-order chi connectivity index (χ1) is 8.56. The number of hydrogen-bond acceptors (Lipinski definition) is 2. The minimum absolute atomic E-state index is 0.115. The molecular formula is C13H18F2N2O. The molecule has 1 atom stereocenters. The van der Waals surface area contributed by atoms with E-state index in [2.05, 4.69) is 10.6 Å². The summed E-state index contributed by atoms with van der Waals surface area (Å²) in [7, 11) is 0. The van der Waals surface area contributed by atoms with Crippen LogP contribution in [-0.4, -0.2) is 18.5 Å². The largest absolute Gasteiger partial charge is 0.355 e. The molecule has 1 aromatic rings. The molecule has 2 N–H and O–H groups in total. The molecule has 0 spiro atoms. The molecule has 3 nitrogen and oxygen atoms in total. The van der Waals surface area contributed by atoms with Gasteiger partial charge in [-0.05, 0) is 19.4 Å². The fraction of sp³-hybridized carbons (Fsp3) is 0.462. The quantitative estimate of drug-likeness (QED) is 0.817. The summed E-state index contributed by atoms with van der Waals surface area (Å²) in [5.41, 5.74) is 0.213. The van der Waals surface area contributed by atoms with E-state index in [0.717, 1.165) is 12.5 Å². The first-order valence-corrected chi connectivity index (χ1v) is 6.00. The minimum Gasteiger partial charge on any atom is -0.355 e. The number of nitrogens with one attached hydrogen (secondary N) is 2. The molecule has 5 heteroatoms. The summed E-state index contributed by atoms with van der Waals surface area (Å²) in [6, 6.07) is 3.55. The first kappa shape index (κ1) is 14.6. The van der Waals surface area contributed by atoms with E-state index < -0.39 is 17.7 Å². The molecule has 0 aliphatic carbocycles. The highest BCUT2D eigenvalue weighted by Crippen LogP contribution is 2.10. The van der Waals surface area contributed by atoms with Gasteiger partial charge < -0.3 is 10.6 Å². The maximum Gasteiger partial charge on any atom is 0.236 e. The summed E-state index contributed by atoms with van der Waals surface area (Å²) in [6.07, 6.45) is 0.858. The lowest BCUT2D eigenvalue weighted by atomic mass is 10.2. The van der Waals surface area contributed by atoms with E-state index in [1.54, 1.807) is 6.92 Å². The Hall–Kier alpha value is -1.49. The van der Waals surface area contributed by atoms with Gasteiger partial charge in [0.1, 0.15) is 0 Å². The highest BCUT2D eigenvalue weighted by molar-refractivity contribution is 5.81.